The minimum absolute atomic E-state index is 0.416. The van der Waals surface area contributed by atoms with Gasteiger partial charge in [0.05, 0.1) is 0 Å². The molecular formula is C15H21N. The number of rotatable bonds is 1. The first-order chi connectivity index (χ1) is 7.75. The van der Waals surface area contributed by atoms with Gasteiger partial charge in [0.15, 0.2) is 0 Å². The molecule has 1 N–H and O–H groups in total. The van der Waals surface area contributed by atoms with E-state index in [1.165, 1.54) is 25.8 Å². The van der Waals surface area contributed by atoms with Crippen molar-refractivity contribution in [3.63, 3.8) is 0 Å². The third-order valence-electron chi connectivity index (χ3n) is 4.87. The van der Waals surface area contributed by atoms with Crippen LogP contribution in [0.3, 0.4) is 0 Å². The highest BCUT2D eigenvalue weighted by atomic mass is 14.9. The monoisotopic (exact) mass is 215 g/mol. The quantitative estimate of drug-likeness (QED) is 0.759. The van der Waals surface area contributed by atoms with E-state index in [0.717, 1.165) is 5.92 Å². The van der Waals surface area contributed by atoms with Crippen LogP contribution in [0.1, 0.15) is 37.8 Å². The molecular weight excluding hydrogens is 194 g/mol. The van der Waals surface area contributed by atoms with Gasteiger partial charge in [-0.25, -0.2) is 0 Å². The Bertz CT molecular complexity index is 398. The Balaban J connectivity index is 2.14. The van der Waals surface area contributed by atoms with Crippen molar-refractivity contribution in [3.8, 4) is 0 Å². The number of hydrogen-bond donors (Lipinski definition) is 1. The molecule has 3 rings (SSSR count). The highest BCUT2D eigenvalue weighted by Gasteiger charge is 2.46. The molecule has 2 aliphatic rings. The lowest BCUT2D eigenvalue weighted by Gasteiger charge is -2.51. The van der Waals surface area contributed by atoms with Crippen molar-refractivity contribution >= 4 is 0 Å². The van der Waals surface area contributed by atoms with Crippen LogP contribution in [-0.2, 0) is 11.8 Å². The van der Waals surface area contributed by atoms with Gasteiger partial charge in [-0.2, -0.15) is 0 Å². The van der Waals surface area contributed by atoms with Gasteiger partial charge in [-0.05, 0) is 41.8 Å². The molecule has 1 aromatic carbocycles. The van der Waals surface area contributed by atoms with Gasteiger partial charge >= 0.3 is 0 Å². The third kappa shape index (κ3) is 1.27. The summed E-state index contributed by atoms with van der Waals surface area (Å²) in [5, 5.41) is 3.72. The minimum atomic E-state index is 0.416. The van der Waals surface area contributed by atoms with E-state index in [0.29, 0.717) is 11.5 Å². The van der Waals surface area contributed by atoms with Gasteiger partial charge in [-0.1, -0.05) is 44.5 Å². The van der Waals surface area contributed by atoms with E-state index in [-0.39, 0.29) is 0 Å². The van der Waals surface area contributed by atoms with Gasteiger partial charge in [0, 0.05) is 6.04 Å². The first-order valence-corrected chi connectivity index (χ1v) is 6.57. The van der Waals surface area contributed by atoms with Crippen LogP contribution >= 0.6 is 0 Å². The summed E-state index contributed by atoms with van der Waals surface area (Å²) in [6.07, 6.45) is 3.81. The molecule has 1 fully saturated rings. The Morgan fingerprint density at radius 1 is 1.38 bits per heavy atom. The number of piperidine rings is 1. The molecule has 0 aromatic heterocycles. The molecule has 86 valence electrons. The molecule has 1 nitrogen and oxygen atoms in total. The zero-order valence-electron chi connectivity index (χ0n) is 10.3. The first kappa shape index (κ1) is 10.3. The van der Waals surface area contributed by atoms with Gasteiger partial charge in [0.1, 0.15) is 0 Å². The van der Waals surface area contributed by atoms with Crippen molar-refractivity contribution < 1.29 is 0 Å². The Morgan fingerprint density at radius 2 is 2.19 bits per heavy atom. The first-order valence-electron chi connectivity index (χ1n) is 6.57. The van der Waals surface area contributed by atoms with Crippen molar-refractivity contribution in [2.24, 2.45) is 5.92 Å². The molecule has 0 amide bonds. The van der Waals surface area contributed by atoms with Crippen molar-refractivity contribution in [2.75, 3.05) is 6.54 Å². The second-order valence-corrected chi connectivity index (χ2v) is 5.60. The summed E-state index contributed by atoms with van der Waals surface area (Å²) >= 11 is 0. The molecule has 1 saturated heterocycles. The molecule has 1 aliphatic carbocycles. The molecule has 0 radical (unpaired) electrons. The SMILES string of the molecule is CC[C@@H]1[C@H]2Cc3ccccc3[C@]1(C)CCN2. The van der Waals surface area contributed by atoms with Gasteiger partial charge in [0.25, 0.3) is 0 Å². The van der Waals surface area contributed by atoms with Crippen LogP contribution in [0.4, 0.5) is 0 Å². The summed E-state index contributed by atoms with van der Waals surface area (Å²) in [5.74, 6) is 0.816. The minimum Gasteiger partial charge on any atom is -0.313 e. The van der Waals surface area contributed by atoms with Gasteiger partial charge in [-0.15, -0.1) is 0 Å². The van der Waals surface area contributed by atoms with Crippen molar-refractivity contribution in [2.45, 2.75) is 44.6 Å². The van der Waals surface area contributed by atoms with Crippen LogP contribution in [0.25, 0.3) is 0 Å². The topological polar surface area (TPSA) is 12.0 Å². The summed E-state index contributed by atoms with van der Waals surface area (Å²) in [4.78, 5) is 0. The molecule has 0 spiro atoms. The van der Waals surface area contributed by atoms with E-state index in [1.54, 1.807) is 11.1 Å². The third-order valence-corrected chi connectivity index (χ3v) is 4.87. The van der Waals surface area contributed by atoms with Crippen LogP contribution in [-0.4, -0.2) is 12.6 Å². The average molecular weight is 215 g/mol. The fraction of sp³-hybridized carbons (Fsp3) is 0.600. The lowest BCUT2D eigenvalue weighted by Crippen LogP contribution is -2.56. The number of hydrogen-bond acceptors (Lipinski definition) is 1. The Kier molecular flexibility index (Phi) is 2.32. The largest absolute Gasteiger partial charge is 0.313 e. The summed E-state index contributed by atoms with van der Waals surface area (Å²) in [7, 11) is 0. The molecule has 3 atom stereocenters. The van der Waals surface area contributed by atoms with E-state index in [4.69, 9.17) is 0 Å². The lowest BCUT2D eigenvalue weighted by molar-refractivity contribution is 0.138. The fourth-order valence-electron chi connectivity index (χ4n) is 4.07. The van der Waals surface area contributed by atoms with E-state index in [1.807, 2.05) is 0 Å². The fourth-order valence-corrected chi connectivity index (χ4v) is 4.07. The van der Waals surface area contributed by atoms with Crippen LogP contribution in [0.5, 0.6) is 0 Å². The zero-order chi connectivity index (χ0) is 11.2. The Morgan fingerprint density at radius 3 is 3.00 bits per heavy atom. The van der Waals surface area contributed by atoms with Gasteiger partial charge in [-0.3, -0.25) is 0 Å². The van der Waals surface area contributed by atoms with Gasteiger partial charge in [0.2, 0.25) is 0 Å². The maximum absolute atomic E-state index is 3.72. The van der Waals surface area contributed by atoms with Crippen LogP contribution in [0, 0.1) is 5.92 Å². The summed E-state index contributed by atoms with van der Waals surface area (Å²) in [6.45, 7) is 6.01. The summed E-state index contributed by atoms with van der Waals surface area (Å²) in [5.41, 5.74) is 3.62. The standard InChI is InChI=1S/C15H21N/c1-3-12-14-10-11-6-4-5-7-13(11)15(12,2)8-9-16-14/h4-7,12,14,16H,3,8-10H2,1-2H3/t12-,14-,15-/m1/s1. The van der Waals surface area contributed by atoms with E-state index in [9.17, 15) is 0 Å². The highest BCUT2D eigenvalue weighted by Crippen LogP contribution is 2.47. The Hall–Kier alpha value is -0.820. The summed E-state index contributed by atoms with van der Waals surface area (Å²) < 4.78 is 0. The van der Waals surface area contributed by atoms with Crippen molar-refractivity contribution in [3.05, 3.63) is 35.4 Å². The highest BCUT2D eigenvalue weighted by molar-refractivity contribution is 5.39. The molecule has 2 bridgehead atoms. The maximum atomic E-state index is 3.72. The zero-order valence-corrected chi connectivity index (χ0v) is 10.3. The van der Waals surface area contributed by atoms with E-state index in [2.05, 4.69) is 43.4 Å². The second-order valence-electron chi connectivity index (χ2n) is 5.60. The average Bonchev–Trinajstić information content (AvgIpc) is 2.28. The van der Waals surface area contributed by atoms with E-state index < -0.39 is 0 Å². The molecule has 0 unspecified atom stereocenters. The number of benzene rings is 1. The van der Waals surface area contributed by atoms with Crippen LogP contribution in [0.2, 0.25) is 0 Å². The predicted molar refractivity (Wildman–Crippen MR) is 67.7 cm³/mol. The predicted octanol–water partition coefficient (Wildman–Crippen LogP) is 2.89. The molecule has 1 aliphatic heterocycles. The molecule has 0 saturated carbocycles. The van der Waals surface area contributed by atoms with Crippen molar-refractivity contribution in [1.82, 2.24) is 5.32 Å². The van der Waals surface area contributed by atoms with Crippen LogP contribution in [0.15, 0.2) is 24.3 Å². The maximum Gasteiger partial charge on any atom is 0.0144 e. The van der Waals surface area contributed by atoms with Crippen LogP contribution < -0.4 is 5.32 Å². The summed E-state index contributed by atoms with van der Waals surface area (Å²) in [6, 6.07) is 9.78. The van der Waals surface area contributed by atoms with Gasteiger partial charge < -0.3 is 5.32 Å². The molecule has 16 heavy (non-hydrogen) atoms. The number of fused-ring (bicyclic) bond motifs is 4. The van der Waals surface area contributed by atoms with Crippen molar-refractivity contribution in [1.29, 1.82) is 0 Å². The smallest absolute Gasteiger partial charge is 0.0144 e. The molecule has 1 aromatic rings. The number of nitrogens with one attached hydrogen (secondary N) is 1. The Labute approximate surface area is 98.3 Å². The molecule has 1 heterocycles. The van der Waals surface area contributed by atoms with E-state index >= 15 is 0 Å². The lowest BCUT2D eigenvalue weighted by atomic mass is 9.58. The molecule has 1 heteroatoms. The normalized spacial score (nSPS) is 36.9. The second kappa shape index (κ2) is 3.59.